The molecule has 3 rings (SSSR count). The number of hydrogen-bond donors (Lipinski definition) is 0. The molecule has 0 amide bonds. The smallest absolute Gasteiger partial charge is 0.354 e. The van der Waals surface area contributed by atoms with Crippen molar-refractivity contribution in [2.45, 2.75) is 6.92 Å². The number of nitriles is 1. The van der Waals surface area contributed by atoms with Crippen LogP contribution >= 0.6 is 11.3 Å². The summed E-state index contributed by atoms with van der Waals surface area (Å²) in [5, 5.41) is 10.7. The standard InChI is InChI=1S/C19H13NO2S/c1-13-2-6-15(7-3-13)17-10-11-23-18(17)19(21)22-16-8-4-14(12-20)5-9-16/h2-11H,1H3. The average Bonchev–Trinajstić information content (AvgIpc) is 3.06. The molecule has 0 N–H and O–H groups in total. The van der Waals surface area contributed by atoms with Crippen molar-refractivity contribution in [2.24, 2.45) is 0 Å². The minimum atomic E-state index is -0.389. The summed E-state index contributed by atoms with van der Waals surface area (Å²) in [6, 6.07) is 18.5. The predicted molar refractivity (Wildman–Crippen MR) is 90.6 cm³/mol. The van der Waals surface area contributed by atoms with Crippen LogP contribution in [0.15, 0.2) is 60.0 Å². The summed E-state index contributed by atoms with van der Waals surface area (Å²) in [7, 11) is 0. The largest absolute Gasteiger partial charge is 0.422 e. The van der Waals surface area contributed by atoms with Gasteiger partial charge in [-0.15, -0.1) is 11.3 Å². The van der Waals surface area contributed by atoms with Crippen molar-refractivity contribution < 1.29 is 9.53 Å². The summed E-state index contributed by atoms with van der Waals surface area (Å²) in [4.78, 5) is 13.0. The van der Waals surface area contributed by atoms with Crippen molar-refractivity contribution in [1.82, 2.24) is 0 Å². The Morgan fingerprint density at radius 2 is 1.74 bits per heavy atom. The van der Waals surface area contributed by atoms with E-state index in [0.29, 0.717) is 16.2 Å². The van der Waals surface area contributed by atoms with Gasteiger partial charge in [-0.2, -0.15) is 5.26 Å². The Kier molecular flexibility index (Phi) is 4.22. The summed E-state index contributed by atoms with van der Waals surface area (Å²) in [5.41, 5.74) is 3.56. The third-order valence-electron chi connectivity index (χ3n) is 3.41. The number of rotatable bonds is 3. The van der Waals surface area contributed by atoms with E-state index in [4.69, 9.17) is 10.00 Å². The molecule has 0 aliphatic rings. The zero-order valence-electron chi connectivity index (χ0n) is 12.4. The second-order valence-electron chi connectivity index (χ2n) is 5.06. The van der Waals surface area contributed by atoms with Gasteiger partial charge >= 0.3 is 5.97 Å². The first-order valence-electron chi connectivity index (χ1n) is 7.04. The van der Waals surface area contributed by atoms with Crippen LogP contribution in [0.2, 0.25) is 0 Å². The van der Waals surface area contributed by atoms with Gasteiger partial charge in [0.05, 0.1) is 11.6 Å². The van der Waals surface area contributed by atoms with E-state index < -0.39 is 0 Å². The zero-order valence-corrected chi connectivity index (χ0v) is 13.3. The van der Waals surface area contributed by atoms with Crippen LogP contribution in [-0.4, -0.2) is 5.97 Å². The molecule has 23 heavy (non-hydrogen) atoms. The van der Waals surface area contributed by atoms with Crippen molar-refractivity contribution in [3.63, 3.8) is 0 Å². The van der Waals surface area contributed by atoms with Crippen LogP contribution in [0, 0.1) is 18.3 Å². The molecule has 0 atom stereocenters. The fourth-order valence-corrected chi connectivity index (χ4v) is 2.97. The summed E-state index contributed by atoms with van der Waals surface area (Å²) < 4.78 is 5.41. The Morgan fingerprint density at radius 3 is 2.39 bits per heavy atom. The number of carbonyl (C=O) groups excluding carboxylic acids is 1. The van der Waals surface area contributed by atoms with E-state index in [-0.39, 0.29) is 5.97 Å². The second kappa shape index (κ2) is 6.47. The van der Waals surface area contributed by atoms with E-state index in [9.17, 15) is 4.79 Å². The van der Waals surface area contributed by atoms with Crippen LogP contribution < -0.4 is 4.74 Å². The Balaban J connectivity index is 1.84. The number of aryl methyl sites for hydroxylation is 1. The molecule has 1 heterocycles. The number of ether oxygens (including phenoxy) is 1. The van der Waals surface area contributed by atoms with E-state index in [2.05, 4.69) is 0 Å². The third-order valence-corrected chi connectivity index (χ3v) is 4.30. The molecule has 3 aromatic rings. The molecule has 4 heteroatoms. The SMILES string of the molecule is Cc1ccc(-c2ccsc2C(=O)Oc2ccc(C#N)cc2)cc1. The highest BCUT2D eigenvalue weighted by atomic mass is 32.1. The minimum Gasteiger partial charge on any atom is -0.422 e. The third kappa shape index (κ3) is 3.31. The van der Waals surface area contributed by atoms with Crippen LogP contribution in [0.25, 0.3) is 11.1 Å². The van der Waals surface area contributed by atoms with Crippen LogP contribution in [0.1, 0.15) is 20.8 Å². The summed E-state index contributed by atoms with van der Waals surface area (Å²) in [6.45, 7) is 2.03. The molecular formula is C19H13NO2S. The van der Waals surface area contributed by atoms with E-state index in [0.717, 1.165) is 11.1 Å². The number of benzene rings is 2. The van der Waals surface area contributed by atoms with Crippen LogP contribution in [0.3, 0.4) is 0 Å². The number of thiophene rings is 1. The monoisotopic (exact) mass is 319 g/mol. The Bertz CT molecular complexity index is 871. The van der Waals surface area contributed by atoms with E-state index in [1.54, 1.807) is 24.3 Å². The zero-order chi connectivity index (χ0) is 16.2. The Labute approximate surface area is 138 Å². The lowest BCUT2D eigenvalue weighted by atomic mass is 10.1. The molecule has 0 radical (unpaired) electrons. The van der Waals surface area contributed by atoms with Gasteiger partial charge in [-0.1, -0.05) is 29.8 Å². The molecular weight excluding hydrogens is 306 g/mol. The van der Waals surface area contributed by atoms with Crippen molar-refractivity contribution in [2.75, 3.05) is 0 Å². The highest BCUT2D eigenvalue weighted by Gasteiger charge is 2.16. The van der Waals surface area contributed by atoms with E-state index in [1.165, 1.54) is 16.9 Å². The fourth-order valence-electron chi connectivity index (χ4n) is 2.18. The Hall–Kier alpha value is -2.90. The number of carbonyl (C=O) groups is 1. The molecule has 0 aliphatic carbocycles. The summed E-state index contributed by atoms with van der Waals surface area (Å²) in [6.07, 6.45) is 0. The molecule has 0 aliphatic heterocycles. The van der Waals surface area contributed by atoms with E-state index in [1.807, 2.05) is 48.7 Å². The van der Waals surface area contributed by atoms with Gasteiger partial charge in [-0.05, 0) is 48.2 Å². The van der Waals surface area contributed by atoms with Gasteiger partial charge in [0.25, 0.3) is 0 Å². The Morgan fingerprint density at radius 1 is 1.04 bits per heavy atom. The minimum absolute atomic E-state index is 0.389. The van der Waals surface area contributed by atoms with Crippen molar-refractivity contribution in [1.29, 1.82) is 5.26 Å². The van der Waals surface area contributed by atoms with Gasteiger partial charge in [-0.3, -0.25) is 0 Å². The first-order chi connectivity index (χ1) is 11.2. The van der Waals surface area contributed by atoms with Crippen molar-refractivity contribution in [3.05, 3.63) is 76.0 Å². The maximum absolute atomic E-state index is 12.4. The maximum atomic E-state index is 12.4. The molecule has 0 saturated carbocycles. The molecule has 0 saturated heterocycles. The number of nitrogens with zero attached hydrogens (tertiary/aromatic N) is 1. The van der Waals surface area contributed by atoms with Gasteiger partial charge in [0.1, 0.15) is 10.6 Å². The normalized spacial score (nSPS) is 10.1. The quantitative estimate of drug-likeness (QED) is 0.514. The van der Waals surface area contributed by atoms with Gasteiger partial charge in [-0.25, -0.2) is 4.79 Å². The molecule has 1 aromatic heterocycles. The fraction of sp³-hybridized carbons (Fsp3) is 0.0526. The highest BCUT2D eigenvalue weighted by molar-refractivity contribution is 7.12. The molecule has 2 aromatic carbocycles. The summed E-state index contributed by atoms with van der Waals surface area (Å²) >= 11 is 1.36. The first kappa shape index (κ1) is 15.0. The molecule has 0 unspecified atom stereocenters. The van der Waals surface area contributed by atoms with Crippen LogP contribution in [0.4, 0.5) is 0 Å². The first-order valence-corrected chi connectivity index (χ1v) is 7.92. The van der Waals surface area contributed by atoms with E-state index >= 15 is 0 Å². The van der Waals surface area contributed by atoms with Crippen molar-refractivity contribution >= 4 is 17.3 Å². The topological polar surface area (TPSA) is 50.1 Å². The van der Waals surface area contributed by atoms with Gasteiger partial charge in [0.15, 0.2) is 0 Å². The van der Waals surface area contributed by atoms with Gasteiger partial charge < -0.3 is 4.74 Å². The predicted octanol–water partition coefficient (Wildman–Crippen LogP) is 4.81. The maximum Gasteiger partial charge on any atom is 0.354 e. The average molecular weight is 319 g/mol. The van der Waals surface area contributed by atoms with Crippen molar-refractivity contribution in [3.8, 4) is 22.9 Å². The molecule has 3 nitrogen and oxygen atoms in total. The number of hydrogen-bond acceptors (Lipinski definition) is 4. The van der Waals surface area contributed by atoms with Gasteiger partial charge in [0.2, 0.25) is 0 Å². The molecule has 112 valence electrons. The molecule has 0 bridgehead atoms. The van der Waals surface area contributed by atoms with Crippen LogP contribution in [0.5, 0.6) is 5.75 Å². The highest BCUT2D eigenvalue weighted by Crippen LogP contribution is 2.29. The molecule has 0 spiro atoms. The second-order valence-corrected chi connectivity index (χ2v) is 5.97. The number of esters is 1. The molecule has 0 fully saturated rings. The lowest BCUT2D eigenvalue weighted by Crippen LogP contribution is -2.07. The van der Waals surface area contributed by atoms with Crippen LogP contribution in [-0.2, 0) is 0 Å². The lowest BCUT2D eigenvalue weighted by molar-refractivity contribution is 0.0740. The summed E-state index contributed by atoms with van der Waals surface area (Å²) in [5.74, 6) is 0.0394. The van der Waals surface area contributed by atoms with Gasteiger partial charge in [0, 0.05) is 5.56 Å². The lowest BCUT2D eigenvalue weighted by Gasteiger charge is -2.06.